The van der Waals surface area contributed by atoms with Gasteiger partial charge in [-0.2, -0.15) is 4.31 Å². The summed E-state index contributed by atoms with van der Waals surface area (Å²) in [4.78, 5) is 24.3. The molecule has 1 fully saturated rings. The number of amides is 2. The number of nitrogens with zero attached hydrogens (tertiary/aromatic N) is 1. The lowest BCUT2D eigenvalue weighted by atomic mass is 9.96. The first-order chi connectivity index (χ1) is 14.8. The lowest BCUT2D eigenvalue weighted by Gasteiger charge is -2.31. The van der Waals surface area contributed by atoms with E-state index in [1.54, 1.807) is 6.07 Å². The number of carbonyl (C=O) groups excluding carboxylic acids is 2. The van der Waals surface area contributed by atoms with Crippen LogP contribution in [-0.2, 0) is 19.6 Å². The van der Waals surface area contributed by atoms with Crippen LogP contribution in [0.25, 0.3) is 0 Å². The van der Waals surface area contributed by atoms with Gasteiger partial charge in [-0.3, -0.25) is 9.59 Å². The minimum absolute atomic E-state index is 0.0537. The SMILES string of the molecule is C[C@@H](NC(=O)C1CCN(S(=O)(=O)c2ccc3c(c2)NC(=O)CO3)CC1)c1ccccc1. The number of piperidine rings is 1. The van der Waals surface area contributed by atoms with Crippen LogP contribution in [0.2, 0.25) is 0 Å². The molecule has 2 aliphatic heterocycles. The van der Waals surface area contributed by atoms with Gasteiger partial charge in [0.2, 0.25) is 15.9 Å². The third kappa shape index (κ3) is 4.57. The van der Waals surface area contributed by atoms with Gasteiger partial charge in [0.05, 0.1) is 16.6 Å². The lowest BCUT2D eigenvalue weighted by Crippen LogP contribution is -2.43. The number of anilines is 1. The van der Waals surface area contributed by atoms with Crippen molar-refractivity contribution in [3.63, 3.8) is 0 Å². The van der Waals surface area contributed by atoms with Crippen LogP contribution >= 0.6 is 0 Å². The molecule has 0 spiro atoms. The fraction of sp³-hybridized carbons (Fsp3) is 0.364. The molecule has 2 aliphatic rings. The van der Waals surface area contributed by atoms with Crippen molar-refractivity contribution in [2.75, 3.05) is 25.0 Å². The molecule has 1 saturated heterocycles. The van der Waals surface area contributed by atoms with Gasteiger partial charge in [-0.05, 0) is 43.5 Å². The molecule has 0 aromatic heterocycles. The Labute approximate surface area is 181 Å². The van der Waals surface area contributed by atoms with Crippen LogP contribution in [0.5, 0.6) is 5.75 Å². The highest BCUT2D eigenvalue weighted by molar-refractivity contribution is 7.89. The number of carbonyl (C=O) groups is 2. The van der Waals surface area contributed by atoms with Crippen LogP contribution in [0.1, 0.15) is 31.4 Å². The average Bonchev–Trinajstić information content (AvgIpc) is 2.79. The molecule has 1 atom stereocenters. The highest BCUT2D eigenvalue weighted by atomic mass is 32.2. The van der Waals surface area contributed by atoms with Crippen molar-refractivity contribution in [1.82, 2.24) is 9.62 Å². The number of rotatable bonds is 5. The molecule has 2 aromatic rings. The van der Waals surface area contributed by atoms with E-state index < -0.39 is 10.0 Å². The summed E-state index contributed by atoms with van der Waals surface area (Å²) < 4.78 is 32.8. The summed E-state index contributed by atoms with van der Waals surface area (Å²) in [7, 11) is -3.73. The molecule has 0 bridgehead atoms. The van der Waals surface area contributed by atoms with Crippen LogP contribution in [0.4, 0.5) is 5.69 Å². The standard InChI is InChI=1S/C22H25N3O5S/c1-15(16-5-3-2-4-6-16)23-22(27)17-9-11-25(12-10-17)31(28,29)18-7-8-20-19(13-18)24-21(26)14-30-20/h2-8,13,15,17H,9-12,14H2,1H3,(H,23,27)(H,24,26)/t15-/m1/s1. The smallest absolute Gasteiger partial charge is 0.262 e. The summed E-state index contributed by atoms with van der Waals surface area (Å²) in [5.41, 5.74) is 1.38. The molecule has 0 radical (unpaired) electrons. The Hall–Kier alpha value is -2.91. The fourth-order valence-electron chi connectivity index (χ4n) is 3.89. The van der Waals surface area contributed by atoms with Gasteiger partial charge < -0.3 is 15.4 Å². The zero-order valence-corrected chi connectivity index (χ0v) is 18.0. The van der Waals surface area contributed by atoms with Gasteiger partial charge in [-0.15, -0.1) is 0 Å². The van der Waals surface area contributed by atoms with Crippen molar-refractivity contribution >= 4 is 27.5 Å². The number of sulfonamides is 1. The van der Waals surface area contributed by atoms with Crippen LogP contribution < -0.4 is 15.4 Å². The highest BCUT2D eigenvalue weighted by Gasteiger charge is 2.33. The molecule has 31 heavy (non-hydrogen) atoms. The van der Waals surface area contributed by atoms with Crippen LogP contribution in [0.15, 0.2) is 53.4 Å². The Morgan fingerprint density at radius 2 is 1.87 bits per heavy atom. The quantitative estimate of drug-likeness (QED) is 0.738. The Kier molecular flexibility index (Phi) is 5.97. The minimum atomic E-state index is -3.73. The molecule has 2 N–H and O–H groups in total. The molecule has 2 amide bonds. The Morgan fingerprint density at radius 3 is 2.58 bits per heavy atom. The van der Waals surface area contributed by atoms with Crippen LogP contribution in [0.3, 0.4) is 0 Å². The Bertz CT molecular complexity index is 1080. The number of ether oxygens (including phenoxy) is 1. The maximum absolute atomic E-state index is 13.1. The third-order valence-corrected chi connectivity index (χ3v) is 7.60. The summed E-state index contributed by atoms with van der Waals surface area (Å²) in [6.07, 6.45) is 0.911. The maximum Gasteiger partial charge on any atom is 0.262 e. The highest BCUT2D eigenvalue weighted by Crippen LogP contribution is 2.32. The first-order valence-corrected chi connectivity index (χ1v) is 11.7. The predicted octanol–water partition coefficient (Wildman–Crippen LogP) is 2.30. The number of hydrogen-bond donors (Lipinski definition) is 2. The van der Waals surface area contributed by atoms with Gasteiger partial charge in [0, 0.05) is 19.0 Å². The zero-order valence-electron chi connectivity index (χ0n) is 17.2. The molecule has 0 aliphatic carbocycles. The van der Waals surface area contributed by atoms with Gasteiger partial charge in [-0.25, -0.2) is 8.42 Å². The number of fused-ring (bicyclic) bond motifs is 1. The van der Waals surface area contributed by atoms with E-state index in [4.69, 9.17) is 4.74 Å². The van der Waals surface area contributed by atoms with Crippen molar-refractivity contribution in [3.05, 3.63) is 54.1 Å². The van der Waals surface area contributed by atoms with Crippen molar-refractivity contribution < 1.29 is 22.7 Å². The van der Waals surface area contributed by atoms with E-state index >= 15 is 0 Å². The van der Waals surface area contributed by atoms with Gasteiger partial charge in [0.15, 0.2) is 6.61 Å². The molecule has 0 saturated carbocycles. The second kappa shape index (κ2) is 8.68. The second-order valence-corrected chi connectivity index (χ2v) is 9.75. The van der Waals surface area contributed by atoms with E-state index in [1.165, 1.54) is 16.4 Å². The van der Waals surface area contributed by atoms with E-state index in [9.17, 15) is 18.0 Å². The van der Waals surface area contributed by atoms with E-state index in [0.29, 0.717) is 24.3 Å². The molecule has 2 heterocycles. The largest absolute Gasteiger partial charge is 0.482 e. The molecule has 164 valence electrons. The first kappa shape index (κ1) is 21.3. The van der Waals surface area contributed by atoms with Gasteiger partial charge >= 0.3 is 0 Å². The predicted molar refractivity (Wildman–Crippen MR) is 115 cm³/mol. The molecule has 9 heteroatoms. The summed E-state index contributed by atoms with van der Waals surface area (Å²) in [6.45, 7) is 2.38. The monoisotopic (exact) mass is 443 g/mol. The minimum Gasteiger partial charge on any atom is -0.482 e. The van der Waals surface area contributed by atoms with E-state index in [2.05, 4.69) is 10.6 Å². The molecule has 0 unspecified atom stereocenters. The average molecular weight is 444 g/mol. The fourth-order valence-corrected chi connectivity index (χ4v) is 5.38. The molecule has 4 rings (SSSR count). The molecule has 8 nitrogen and oxygen atoms in total. The summed E-state index contributed by atoms with van der Waals surface area (Å²) >= 11 is 0. The first-order valence-electron chi connectivity index (χ1n) is 10.3. The molecular formula is C22H25N3O5S. The maximum atomic E-state index is 13.1. The van der Waals surface area contributed by atoms with Crippen molar-refractivity contribution in [3.8, 4) is 5.75 Å². The van der Waals surface area contributed by atoms with E-state index in [1.807, 2.05) is 37.3 Å². The van der Waals surface area contributed by atoms with E-state index in [0.717, 1.165) is 5.56 Å². The van der Waals surface area contributed by atoms with Gasteiger partial charge in [-0.1, -0.05) is 30.3 Å². The summed E-state index contributed by atoms with van der Waals surface area (Å²) in [5.74, 6) is -0.157. The second-order valence-electron chi connectivity index (χ2n) is 7.81. The topological polar surface area (TPSA) is 105 Å². The number of nitrogens with one attached hydrogen (secondary N) is 2. The zero-order chi connectivity index (χ0) is 22.0. The van der Waals surface area contributed by atoms with Crippen molar-refractivity contribution in [2.45, 2.75) is 30.7 Å². The normalized spacial score (nSPS) is 18.4. The van der Waals surface area contributed by atoms with Crippen LogP contribution in [-0.4, -0.2) is 44.2 Å². The van der Waals surface area contributed by atoms with Crippen molar-refractivity contribution in [2.24, 2.45) is 5.92 Å². The van der Waals surface area contributed by atoms with Crippen LogP contribution in [0, 0.1) is 5.92 Å². The molecule has 2 aromatic carbocycles. The summed E-state index contributed by atoms with van der Waals surface area (Å²) in [5, 5.41) is 5.66. The molecular weight excluding hydrogens is 418 g/mol. The van der Waals surface area contributed by atoms with Crippen molar-refractivity contribution in [1.29, 1.82) is 0 Å². The Balaban J connectivity index is 1.38. The van der Waals surface area contributed by atoms with E-state index in [-0.39, 0.29) is 48.4 Å². The lowest BCUT2D eigenvalue weighted by molar-refractivity contribution is -0.126. The van der Waals surface area contributed by atoms with Gasteiger partial charge in [0.25, 0.3) is 5.91 Å². The Morgan fingerprint density at radius 1 is 1.16 bits per heavy atom. The summed E-state index contributed by atoms with van der Waals surface area (Å²) in [6, 6.07) is 14.1. The third-order valence-electron chi connectivity index (χ3n) is 5.70. The number of benzene rings is 2. The number of hydrogen-bond acceptors (Lipinski definition) is 5. The van der Waals surface area contributed by atoms with Gasteiger partial charge in [0.1, 0.15) is 5.75 Å².